The maximum absolute atomic E-state index is 13.0. The highest BCUT2D eigenvalue weighted by Crippen LogP contribution is 2.31. The van der Waals surface area contributed by atoms with Crippen molar-refractivity contribution in [2.75, 3.05) is 5.32 Å². The van der Waals surface area contributed by atoms with Gasteiger partial charge in [-0.2, -0.15) is 0 Å². The van der Waals surface area contributed by atoms with E-state index in [-0.39, 0.29) is 17.2 Å². The number of hydrogen-bond donors (Lipinski definition) is 1. The van der Waals surface area contributed by atoms with E-state index in [9.17, 15) is 14.4 Å². The van der Waals surface area contributed by atoms with Crippen molar-refractivity contribution >= 4 is 38.9 Å². The number of hydrogen-bond acceptors (Lipinski definition) is 6. The van der Waals surface area contributed by atoms with Gasteiger partial charge in [0.25, 0.3) is 11.5 Å². The van der Waals surface area contributed by atoms with Crippen LogP contribution in [0, 0.1) is 13.8 Å². The number of aryl methyl sites for hydroxylation is 2. The highest BCUT2D eigenvalue weighted by molar-refractivity contribution is 7.18. The van der Waals surface area contributed by atoms with Crippen molar-refractivity contribution in [2.45, 2.75) is 39.8 Å². The molecule has 2 aromatic heterocycles. The van der Waals surface area contributed by atoms with E-state index in [1.165, 1.54) is 22.2 Å². The van der Waals surface area contributed by atoms with Crippen LogP contribution in [0.5, 0.6) is 5.75 Å². The molecule has 144 valence electrons. The minimum Gasteiger partial charge on any atom is -0.479 e. The molecule has 3 aromatic rings. The molecule has 0 aliphatic carbocycles. The monoisotopic (exact) mass is 397 g/mol. The number of carbonyl (C=O) groups excluding carboxylic acids is 2. The van der Waals surface area contributed by atoms with Gasteiger partial charge in [-0.05, 0) is 51.5 Å². The summed E-state index contributed by atoms with van der Waals surface area (Å²) in [6.45, 7) is 7.16. The third kappa shape index (κ3) is 2.80. The van der Waals surface area contributed by atoms with Crippen LogP contribution in [0.25, 0.3) is 10.2 Å². The summed E-state index contributed by atoms with van der Waals surface area (Å²) in [5.74, 6) is 0.00350. The summed E-state index contributed by atoms with van der Waals surface area (Å²) in [5, 5.41) is 3.29. The molecule has 2 unspecified atom stereocenters. The number of nitrogens with one attached hydrogen (secondary N) is 1. The number of anilines is 1. The summed E-state index contributed by atoms with van der Waals surface area (Å²) >= 11 is 1.47. The minimum absolute atomic E-state index is 0.226. The van der Waals surface area contributed by atoms with E-state index in [1.54, 1.807) is 32.0 Å². The molecule has 0 bridgehead atoms. The Kier molecular flexibility index (Phi) is 4.30. The van der Waals surface area contributed by atoms with E-state index in [2.05, 4.69) is 10.3 Å². The average molecular weight is 397 g/mol. The van der Waals surface area contributed by atoms with Gasteiger partial charge in [-0.1, -0.05) is 0 Å². The summed E-state index contributed by atoms with van der Waals surface area (Å²) < 4.78 is 6.88. The van der Waals surface area contributed by atoms with Crippen LogP contribution in [-0.2, 0) is 4.79 Å². The number of aromatic nitrogens is 2. The Balaban J connectivity index is 1.71. The fourth-order valence-corrected chi connectivity index (χ4v) is 4.24. The first-order valence-electron chi connectivity index (χ1n) is 8.90. The molecule has 1 N–H and O–H groups in total. The second-order valence-corrected chi connectivity index (χ2v) is 8.12. The number of rotatable bonds is 3. The molecule has 3 heterocycles. The third-order valence-corrected chi connectivity index (χ3v) is 6.22. The Labute approximate surface area is 165 Å². The highest BCUT2D eigenvalue weighted by Gasteiger charge is 2.26. The number of fused-ring (bicyclic) bond motifs is 2. The lowest BCUT2D eigenvalue weighted by atomic mass is 10.0. The van der Waals surface area contributed by atoms with Crippen LogP contribution in [-0.4, -0.2) is 27.3 Å². The third-order valence-electron chi connectivity index (χ3n) is 5.11. The Bertz CT molecular complexity index is 1190. The van der Waals surface area contributed by atoms with Crippen molar-refractivity contribution in [3.63, 3.8) is 0 Å². The molecule has 1 amide bonds. The molecule has 1 aromatic carbocycles. The molecular weight excluding hydrogens is 378 g/mol. The van der Waals surface area contributed by atoms with Crippen LogP contribution in [0.2, 0.25) is 0 Å². The summed E-state index contributed by atoms with van der Waals surface area (Å²) in [7, 11) is 0. The molecule has 2 atom stereocenters. The SMILES string of the molecule is Cc1sc2ncn(C(C)C(=O)c3ccc4c(c3)NC(=O)C(C)O4)c(=O)c2c1C. The predicted octanol–water partition coefficient (Wildman–Crippen LogP) is 3.24. The van der Waals surface area contributed by atoms with Gasteiger partial charge in [-0.3, -0.25) is 19.0 Å². The molecule has 0 saturated carbocycles. The Morgan fingerprint density at radius 1 is 1.32 bits per heavy atom. The Morgan fingerprint density at radius 2 is 2.07 bits per heavy atom. The normalized spacial score (nSPS) is 17.0. The second-order valence-electron chi connectivity index (χ2n) is 6.92. The van der Waals surface area contributed by atoms with E-state index >= 15 is 0 Å². The number of ketones is 1. The lowest BCUT2D eigenvalue weighted by molar-refractivity contribution is -0.122. The van der Waals surface area contributed by atoms with E-state index in [0.717, 1.165) is 10.4 Å². The fraction of sp³-hybridized carbons (Fsp3) is 0.300. The second kappa shape index (κ2) is 6.56. The number of ether oxygens (including phenoxy) is 1. The van der Waals surface area contributed by atoms with Crippen LogP contribution in [0.15, 0.2) is 29.3 Å². The van der Waals surface area contributed by atoms with Gasteiger partial charge in [-0.15, -0.1) is 11.3 Å². The van der Waals surface area contributed by atoms with Gasteiger partial charge in [-0.25, -0.2) is 4.98 Å². The molecule has 4 rings (SSSR count). The fourth-order valence-electron chi connectivity index (χ4n) is 3.25. The zero-order valence-electron chi connectivity index (χ0n) is 15.9. The molecule has 0 saturated heterocycles. The number of benzene rings is 1. The Morgan fingerprint density at radius 3 is 2.82 bits per heavy atom. The smallest absolute Gasteiger partial charge is 0.265 e. The minimum atomic E-state index is -0.735. The molecular formula is C20H19N3O4S. The van der Waals surface area contributed by atoms with Crippen molar-refractivity contribution in [3.8, 4) is 5.75 Å². The molecule has 0 spiro atoms. The molecule has 7 nitrogen and oxygen atoms in total. The predicted molar refractivity (Wildman–Crippen MR) is 108 cm³/mol. The number of carbonyl (C=O) groups is 2. The maximum Gasteiger partial charge on any atom is 0.265 e. The molecule has 8 heteroatoms. The topological polar surface area (TPSA) is 90.3 Å². The van der Waals surface area contributed by atoms with E-state index in [0.29, 0.717) is 27.2 Å². The molecule has 1 aliphatic rings. The average Bonchev–Trinajstić information content (AvgIpc) is 2.96. The molecule has 28 heavy (non-hydrogen) atoms. The summed E-state index contributed by atoms with van der Waals surface area (Å²) in [6, 6.07) is 4.14. The van der Waals surface area contributed by atoms with Crippen molar-refractivity contribution in [2.24, 2.45) is 0 Å². The number of thiophene rings is 1. The maximum atomic E-state index is 13.0. The number of amides is 1. The van der Waals surface area contributed by atoms with Gasteiger partial charge in [0.15, 0.2) is 11.9 Å². The van der Waals surface area contributed by atoms with Crippen molar-refractivity contribution in [1.82, 2.24) is 9.55 Å². The number of Topliss-reactive ketones (excluding diaryl/α,β-unsaturated/α-hetero) is 1. The Hall–Kier alpha value is -3.00. The summed E-state index contributed by atoms with van der Waals surface area (Å²) in [4.78, 5) is 43.9. The first-order valence-corrected chi connectivity index (χ1v) is 9.72. The number of nitrogens with zero attached hydrogens (tertiary/aromatic N) is 2. The van der Waals surface area contributed by atoms with Gasteiger partial charge in [0, 0.05) is 10.4 Å². The van der Waals surface area contributed by atoms with Crippen molar-refractivity contribution in [3.05, 3.63) is 50.9 Å². The largest absolute Gasteiger partial charge is 0.479 e. The van der Waals surface area contributed by atoms with Crippen LogP contribution in [0.3, 0.4) is 0 Å². The van der Waals surface area contributed by atoms with E-state index in [4.69, 9.17) is 4.74 Å². The summed E-state index contributed by atoms with van der Waals surface area (Å²) in [5.41, 5.74) is 1.51. The quantitative estimate of drug-likeness (QED) is 0.685. The van der Waals surface area contributed by atoms with Gasteiger partial charge >= 0.3 is 0 Å². The zero-order valence-corrected chi connectivity index (χ0v) is 16.7. The van der Waals surface area contributed by atoms with E-state index in [1.807, 2.05) is 13.8 Å². The first-order chi connectivity index (χ1) is 13.3. The van der Waals surface area contributed by atoms with Crippen LogP contribution < -0.4 is 15.6 Å². The molecule has 0 fully saturated rings. The van der Waals surface area contributed by atoms with E-state index < -0.39 is 12.1 Å². The summed E-state index contributed by atoms with van der Waals surface area (Å²) in [6.07, 6.45) is 0.842. The van der Waals surface area contributed by atoms with Crippen LogP contribution >= 0.6 is 11.3 Å². The van der Waals surface area contributed by atoms with Crippen LogP contribution in [0.1, 0.15) is 40.7 Å². The first kappa shape index (κ1) is 18.4. The van der Waals surface area contributed by atoms with Crippen molar-refractivity contribution < 1.29 is 14.3 Å². The molecule has 1 aliphatic heterocycles. The van der Waals surface area contributed by atoms with Gasteiger partial charge in [0.1, 0.15) is 10.6 Å². The zero-order chi connectivity index (χ0) is 20.2. The lowest BCUT2D eigenvalue weighted by Crippen LogP contribution is -2.34. The van der Waals surface area contributed by atoms with Crippen molar-refractivity contribution in [1.29, 1.82) is 0 Å². The van der Waals surface area contributed by atoms with Gasteiger partial charge in [0.05, 0.1) is 23.4 Å². The van der Waals surface area contributed by atoms with Crippen LogP contribution in [0.4, 0.5) is 5.69 Å². The van der Waals surface area contributed by atoms with Gasteiger partial charge < -0.3 is 10.1 Å². The molecule has 0 radical (unpaired) electrons. The highest BCUT2D eigenvalue weighted by atomic mass is 32.1. The standard InChI is InChI=1S/C20H19N3O4S/c1-9-12(4)28-19-16(9)20(26)23(8-21-19)10(2)17(24)13-5-6-15-14(7-13)22-18(25)11(3)27-15/h5-8,10-11H,1-4H3,(H,22,25). The van der Waals surface area contributed by atoms with Gasteiger partial charge in [0.2, 0.25) is 0 Å². The lowest BCUT2D eigenvalue weighted by Gasteiger charge is -2.24.